The van der Waals surface area contributed by atoms with Gasteiger partial charge in [-0.3, -0.25) is 4.90 Å². The number of morpholine rings is 1. The van der Waals surface area contributed by atoms with E-state index in [0.29, 0.717) is 23.4 Å². The van der Waals surface area contributed by atoms with Gasteiger partial charge in [0.15, 0.2) is 0 Å². The minimum Gasteiger partial charge on any atom is -0.477 e. The number of carboxylic acids is 1. The van der Waals surface area contributed by atoms with E-state index < -0.39 is 5.97 Å². The fourth-order valence-electron chi connectivity index (χ4n) is 3.35. The van der Waals surface area contributed by atoms with Gasteiger partial charge < -0.3 is 14.6 Å². The predicted octanol–water partition coefficient (Wildman–Crippen LogP) is 2.46. The summed E-state index contributed by atoms with van der Waals surface area (Å²) in [4.78, 5) is 14.1. The maximum Gasteiger partial charge on any atom is 0.346 e. The van der Waals surface area contributed by atoms with E-state index in [4.69, 9.17) is 9.47 Å². The van der Waals surface area contributed by atoms with E-state index in [1.54, 1.807) is 0 Å². The van der Waals surface area contributed by atoms with Crippen LogP contribution in [-0.2, 0) is 16.0 Å². The van der Waals surface area contributed by atoms with E-state index >= 15 is 0 Å². The highest BCUT2D eigenvalue weighted by Crippen LogP contribution is 2.26. The molecule has 1 N–H and O–H groups in total. The van der Waals surface area contributed by atoms with Crippen LogP contribution < -0.4 is 0 Å². The third-order valence-electron chi connectivity index (χ3n) is 4.61. The van der Waals surface area contributed by atoms with Gasteiger partial charge in [-0.25, -0.2) is 4.79 Å². The van der Waals surface area contributed by atoms with Crippen LogP contribution >= 0.6 is 11.3 Å². The van der Waals surface area contributed by atoms with Gasteiger partial charge in [0, 0.05) is 32.3 Å². The summed E-state index contributed by atoms with van der Waals surface area (Å²) in [7, 11) is 0. The fourth-order valence-corrected chi connectivity index (χ4v) is 4.10. The van der Waals surface area contributed by atoms with Crippen LogP contribution in [0.2, 0.25) is 0 Å². The van der Waals surface area contributed by atoms with Crippen LogP contribution in [0.25, 0.3) is 0 Å². The van der Waals surface area contributed by atoms with Crippen molar-refractivity contribution in [3.05, 3.63) is 21.9 Å². The van der Waals surface area contributed by atoms with E-state index in [0.717, 1.165) is 57.8 Å². The largest absolute Gasteiger partial charge is 0.477 e. The lowest BCUT2D eigenvalue weighted by Gasteiger charge is -2.38. The van der Waals surface area contributed by atoms with E-state index in [1.165, 1.54) is 11.3 Å². The summed E-state index contributed by atoms with van der Waals surface area (Å²) in [5.41, 5.74) is 0.927. The molecule has 1 aromatic heterocycles. The highest BCUT2D eigenvalue weighted by molar-refractivity contribution is 7.12. The number of rotatable bonds is 5. The predicted molar refractivity (Wildman–Crippen MR) is 84.5 cm³/mol. The second-order valence-electron chi connectivity index (χ2n) is 6.07. The van der Waals surface area contributed by atoms with Crippen molar-refractivity contribution >= 4 is 17.3 Å². The van der Waals surface area contributed by atoms with Crippen LogP contribution in [0.3, 0.4) is 0 Å². The second-order valence-corrected chi connectivity index (χ2v) is 6.99. The molecule has 22 heavy (non-hydrogen) atoms. The lowest BCUT2D eigenvalue weighted by Crippen LogP contribution is -2.46. The first-order valence-electron chi connectivity index (χ1n) is 7.93. The number of thiophene rings is 1. The number of hydrogen-bond acceptors (Lipinski definition) is 5. The Kier molecular flexibility index (Phi) is 5.46. The molecule has 0 bridgehead atoms. The van der Waals surface area contributed by atoms with Gasteiger partial charge in [0.05, 0.1) is 13.2 Å². The van der Waals surface area contributed by atoms with Crippen molar-refractivity contribution in [1.82, 2.24) is 4.90 Å². The summed E-state index contributed by atoms with van der Waals surface area (Å²) in [6, 6.07) is 2.33. The Balaban J connectivity index is 1.64. The monoisotopic (exact) mass is 325 g/mol. The average Bonchev–Trinajstić information content (AvgIpc) is 2.99. The Morgan fingerprint density at radius 2 is 2.14 bits per heavy atom. The molecule has 3 heterocycles. The van der Waals surface area contributed by atoms with Crippen molar-refractivity contribution in [2.75, 3.05) is 33.0 Å². The van der Waals surface area contributed by atoms with Crippen molar-refractivity contribution in [2.45, 2.75) is 31.8 Å². The smallest absolute Gasteiger partial charge is 0.346 e. The van der Waals surface area contributed by atoms with Crippen LogP contribution in [-0.4, -0.2) is 55.0 Å². The van der Waals surface area contributed by atoms with Crippen LogP contribution in [0, 0.1) is 5.92 Å². The molecule has 3 rings (SSSR count). The quantitative estimate of drug-likeness (QED) is 0.901. The number of hydrogen-bond donors (Lipinski definition) is 1. The normalized spacial score (nSPS) is 24.5. The molecule has 2 aliphatic heterocycles. The number of carbonyl (C=O) groups is 1. The molecule has 1 unspecified atom stereocenters. The highest BCUT2D eigenvalue weighted by atomic mass is 32.1. The molecule has 122 valence electrons. The van der Waals surface area contributed by atoms with Crippen molar-refractivity contribution in [3.8, 4) is 0 Å². The summed E-state index contributed by atoms with van der Waals surface area (Å²) >= 11 is 1.31. The van der Waals surface area contributed by atoms with Crippen LogP contribution in [0.4, 0.5) is 0 Å². The molecule has 2 saturated heterocycles. The minimum atomic E-state index is -0.820. The summed E-state index contributed by atoms with van der Waals surface area (Å²) in [5.74, 6) is -0.122. The number of carboxylic acid groups (broad SMARTS) is 1. The standard InChI is InChI=1S/C16H23NO4S/c18-16(19)15-13(3-8-22-15)10-17-4-7-21-11-14(17)9-12-1-5-20-6-2-12/h3,8,12,14H,1-2,4-7,9-11H2,(H,18,19). The molecule has 0 radical (unpaired) electrons. The van der Waals surface area contributed by atoms with Crippen LogP contribution in [0.5, 0.6) is 0 Å². The number of nitrogens with zero attached hydrogens (tertiary/aromatic N) is 1. The Labute approximate surface area is 134 Å². The van der Waals surface area contributed by atoms with E-state index in [2.05, 4.69) is 4.90 Å². The molecule has 0 aromatic carbocycles. The van der Waals surface area contributed by atoms with E-state index in [9.17, 15) is 9.90 Å². The Morgan fingerprint density at radius 1 is 1.32 bits per heavy atom. The van der Waals surface area contributed by atoms with Crippen molar-refractivity contribution in [3.63, 3.8) is 0 Å². The third kappa shape index (κ3) is 3.87. The molecule has 1 atom stereocenters. The summed E-state index contributed by atoms with van der Waals surface area (Å²) < 4.78 is 11.1. The topological polar surface area (TPSA) is 59.0 Å². The molecular formula is C16H23NO4S. The molecule has 6 heteroatoms. The maximum absolute atomic E-state index is 11.3. The first-order valence-corrected chi connectivity index (χ1v) is 8.81. The van der Waals surface area contributed by atoms with Gasteiger partial charge in [0.25, 0.3) is 0 Å². The Bertz CT molecular complexity index is 498. The Hall–Kier alpha value is -0.950. The number of aromatic carboxylic acids is 1. The van der Waals surface area contributed by atoms with Gasteiger partial charge in [-0.1, -0.05) is 0 Å². The zero-order valence-electron chi connectivity index (χ0n) is 12.7. The molecule has 2 fully saturated rings. The van der Waals surface area contributed by atoms with Crippen LogP contribution in [0.1, 0.15) is 34.5 Å². The average molecular weight is 325 g/mol. The van der Waals surface area contributed by atoms with Crippen molar-refractivity contribution in [2.24, 2.45) is 5.92 Å². The molecule has 0 amide bonds. The van der Waals surface area contributed by atoms with Gasteiger partial charge in [-0.05, 0) is 42.2 Å². The third-order valence-corrected chi connectivity index (χ3v) is 5.55. The molecular weight excluding hydrogens is 302 g/mol. The van der Waals surface area contributed by atoms with Crippen molar-refractivity contribution < 1.29 is 19.4 Å². The molecule has 0 saturated carbocycles. The summed E-state index contributed by atoms with van der Waals surface area (Å²) in [5, 5.41) is 11.1. The number of ether oxygens (including phenoxy) is 2. The lowest BCUT2D eigenvalue weighted by atomic mass is 9.91. The fraction of sp³-hybridized carbons (Fsp3) is 0.688. The van der Waals surface area contributed by atoms with Crippen molar-refractivity contribution in [1.29, 1.82) is 0 Å². The van der Waals surface area contributed by atoms with E-state index in [-0.39, 0.29) is 0 Å². The first-order chi connectivity index (χ1) is 10.7. The molecule has 5 nitrogen and oxygen atoms in total. The second kappa shape index (κ2) is 7.55. The van der Waals surface area contributed by atoms with Gasteiger partial charge >= 0.3 is 5.97 Å². The van der Waals surface area contributed by atoms with Crippen LogP contribution in [0.15, 0.2) is 11.4 Å². The van der Waals surface area contributed by atoms with Gasteiger partial charge in [-0.15, -0.1) is 11.3 Å². The van der Waals surface area contributed by atoms with Gasteiger partial charge in [0.2, 0.25) is 0 Å². The Morgan fingerprint density at radius 3 is 2.91 bits per heavy atom. The lowest BCUT2D eigenvalue weighted by molar-refractivity contribution is -0.0290. The SMILES string of the molecule is O=C(O)c1sccc1CN1CCOCC1CC1CCOCC1. The summed E-state index contributed by atoms with van der Waals surface area (Å²) in [6.45, 7) is 4.81. The first kappa shape index (κ1) is 15.9. The van der Waals surface area contributed by atoms with Gasteiger partial charge in [-0.2, -0.15) is 0 Å². The zero-order chi connectivity index (χ0) is 15.4. The molecule has 0 aliphatic carbocycles. The molecule has 1 aromatic rings. The van der Waals surface area contributed by atoms with E-state index in [1.807, 2.05) is 11.4 Å². The highest BCUT2D eigenvalue weighted by Gasteiger charge is 2.28. The molecule has 2 aliphatic rings. The van der Waals surface area contributed by atoms with Gasteiger partial charge in [0.1, 0.15) is 4.88 Å². The maximum atomic E-state index is 11.3. The molecule has 0 spiro atoms. The zero-order valence-corrected chi connectivity index (χ0v) is 13.5. The summed E-state index contributed by atoms with van der Waals surface area (Å²) in [6.07, 6.45) is 3.38. The minimum absolute atomic E-state index is 0.387.